The van der Waals surface area contributed by atoms with Crippen LogP contribution in [0.4, 0.5) is 0 Å². The second kappa shape index (κ2) is 5.19. The lowest BCUT2D eigenvalue weighted by Gasteiger charge is -2.31. The summed E-state index contributed by atoms with van der Waals surface area (Å²) < 4.78 is 6.16. The zero-order valence-electron chi connectivity index (χ0n) is 12.2. The predicted molar refractivity (Wildman–Crippen MR) is 84.7 cm³/mol. The fourth-order valence-corrected chi connectivity index (χ4v) is 3.69. The Morgan fingerprint density at radius 3 is 2.81 bits per heavy atom. The average molecular weight is 279 g/mol. The van der Waals surface area contributed by atoms with E-state index in [0.29, 0.717) is 5.92 Å². The van der Waals surface area contributed by atoms with Crippen LogP contribution in [0.25, 0.3) is 0 Å². The molecule has 0 aromatic heterocycles. The molecule has 2 atom stereocenters. The second-order valence-corrected chi connectivity index (χ2v) is 6.23. The van der Waals surface area contributed by atoms with Gasteiger partial charge in [-0.2, -0.15) is 0 Å². The molecule has 2 nitrogen and oxygen atoms in total. The lowest BCUT2D eigenvalue weighted by molar-refractivity contribution is 0.271. The van der Waals surface area contributed by atoms with Gasteiger partial charge in [0, 0.05) is 12.0 Å². The summed E-state index contributed by atoms with van der Waals surface area (Å²) in [7, 11) is 0. The van der Waals surface area contributed by atoms with Crippen molar-refractivity contribution in [1.29, 1.82) is 0 Å². The molecule has 4 rings (SSSR count). The molecule has 2 aliphatic rings. The summed E-state index contributed by atoms with van der Waals surface area (Å²) in [5, 5.41) is 0. The highest BCUT2D eigenvalue weighted by Crippen LogP contribution is 2.37. The molecule has 0 radical (unpaired) electrons. The van der Waals surface area contributed by atoms with Crippen LogP contribution in [0.5, 0.6) is 5.75 Å². The summed E-state index contributed by atoms with van der Waals surface area (Å²) in [4.78, 5) is 0. The van der Waals surface area contributed by atoms with Crippen LogP contribution in [0.2, 0.25) is 0 Å². The predicted octanol–water partition coefficient (Wildman–Crippen LogP) is 3.74. The molecule has 0 bridgehead atoms. The Bertz CT molecular complexity index is 664. The monoisotopic (exact) mass is 279 g/mol. The maximum absolute atomic E-state index is 6.22. The van der Waals surface area contributed by atoms with Gasteiger partial charge in [-0.1, -0.05) is 36.4 Å². The minimum absolute atomic E-state index is 0.182. The first-order valence-electron chi connectivity index (χ1n) is 7.91. The molecular weight excluding hydrogens is 258 g/mol. The Kier molecular flexibility index (Phi) is 3.19. The Balaban J connectivity index is 1.50. The number of nitrogens with two attached hydrogens (primary N) is 1. The molecule has 2 heteroatoms. The van der Waals surface area contributed by atoms with E-state index in [4.69, 9.17) is 10.5 Å². The van der Waals surface area contributed by atoms with Crippen LogP contribution in [0, 0.1) is 0 Å². The van der Waals surface area contributed by atoms with Crippen molar-refractivity contribution in [1.82, 2.24) is 0 Å². The van der Waals surface area contributed by atoms with Crippen LogP contribution < -0.4 is 10.5 Å². The first-order valence-corrected chi connectivity index (χ1v) is 7.91. The van der Waals surface area contributed by atoms with E-state index in [2.05, 4.69) is 42.5 Å². The highest BCUT2D eigenvalue weighted by molar-refractivity contribution is 5.44. The Labute approximate surface area is 125 Å². The third-order valence-corrected chi connectivity index (χ3v) is 4.91. The molecule has 108 valence electrons. The van der Waals surface area contributed by atoms with Crippen molar-refractivity contribution in [3.63, 3.8) is 0 Å². The van der Waals surface area contributed by atoms with E-state index in [9.17, 15) is 0 Å². The molecule has 0 saturated heterocycles. The molecule has 0 aliphatic heterocycles. The summed E-state index contributed by atoms with van der Waals surface area (Å²) in [5.74, 6) is 1.60. The summed E-state index contributed by atoms with van der Waals surface area (Å²) in [6.07, 6.45) is 4.50. The van der Waals surface area contributed by atoms with Gasteiger partial charge in [-0.05, 0) is 54.0 Å². The standard InChI is InChI=1S/C19H21NO/c20-18-9-3-8-17-16(18)7-4-10-19(17)21-12-14-11-13-5-1-2-6-15(13)14/h1-2,4-7,10,14,18H,3,8-9,11-12,20H2. The van der Waals surface area contributed by atoms with Gasteiger partial charge in [0.1, 0.15) is 5.75 Å². The SMILES string of the molecule is NC1CCCc2c(OCC3Cc4ccccc43)cccc21. The molecule has 0 amide bonds. The minimum atomic E-state index is 0.182. The van der Waals surface area contributed by atoms with Crippen molar-refractivity contribution in [2.45, 2.75) is 37.6 Å². The molecule has 2 N–H and O–H groups in total. The summed E-state index contributed by atoms with van der Waals surface area (Å²) in [6.45, 7) is 0.780. The normalized spacial score (nSPS) is 22.9. The number of ether oxygens (including phenoxy) is 1. The Morgan fingerprint density at radius 1 is 1.05 bits per heavy atom. The third kappa shape index (κ3) is 2.24. The fourth-order valence-electron chi connectivity index (χ4n) is 3.69. The van der Waals surface area contributed by atoms with Crippen molar-refractivity contribution >= 4 is 0 Å². The van der Waals surface area contributed by atoms with Gasteiger partial charge in [-0.25, -0.2) is 0 Å². The van der Waals surface area contributed by atoms with Crippen molar-refractivity contribution in [2.24, 2.45) is 5.73 Å². The fraction of sp³-hybridized carbons (Fsp3) is 0.368. The summed E-state index contributed by atoms with van der Waals surface area (Å²) >= 11 is 0. The Hall–Kier alpha value is -1.80. The van der Waals surface area contributed by atoms with Crippen LogP contribution in [-0.4, -0.2) is 6.61 Å². The van der Waals surface area contributed by atoms with Gasteiger partial charge in [0.25, 0.3) is 0 Å². The summed E-state index contributed by atoms with van der Waals surface area (Å²) in [6, 6.07) is 15.2. The van der Waals surface area contributed by atoms with Gasteiger partial charge in [0.15, 0.2) is 0 Å². The summed E-state index contributed by atoms with van der Waals surface area (Å²) in [5.41, 5.74) is 11.8. The minimum Gasteiger partial charge on any atom is -0.493 e. The highest BCUT2D eigenvalue weighted by atomic mass is 16.5. The zero-order chi connectivity index (χ0) is 14.2. The average Bonchev–Trinajstić information content (AvgIpc) is 2.49. The van der Waals surface area contributed by atoms with Crippen LogP contribution in [0.3, 0.4) is 0 Å². The lowest BCUT2D eigenvalue weighted by Crippen LogP contribution is -2.24. The van der Waals surface area contributed by atoms with Crippen LogP contribution in [0.15, 0.2) is 42.5 Å². The van der Waals surface area contributed by atoms with Crippen molar-refractivity contribution in [3.8, 4) is 5.75 Å². The van der Waals surface area contributed by atoms with Gasteiger partial charge in [0.05, 0.1) is 6.61 Å². The molecule has 21 heavy (non-hydrogen) atoms. The molecule has 2 aromatic carbocycles. The third-order valence-electron chi connectivity index (χ3n) is 4.91. The van der Waals surface area contributed by atoms with Crippen LogP contribution >= 0.6 is 0 Å². The number of hydrogen-bond acceptors (Lipinski definition) is 2. The zero-order valence-corrected chi connectivity index (χ0v) is 12.2. The van der Waals surface area contributed by atoms with E-state index in [-0.39, 0.29) is 6.04 Å². The first kappa shape index (κ1) is 12.9. The largest absolute Gasteiger partial charge is 0.493 e. The molecule has 0 heterocycles. The number of rotatable bonds is 3. The maximum Gasteiger partial charge on any atom is 0.122 e. The van der Waals surface area contributed by atoms with Crippen LogP contribution in [0.1, 0.15) is 47.1 Å². The number of benzene rings is 2. The van der Waals surface area contributed by atoms with E-state index in [0.717, 1.165) is 31.6 Å². The molecule has 2 aliphatic carbocycles. The molecule has 0 saturated carbocycles. The maximum atomic E-state index is 6.22. The molecule has 0 spiro atoms. The van der Waals surface area contributed by atoms with Crippen molar-refractivity contribution in [3.05, 3.63) is 64.7 Å². The molecule has 0 fully saturated rings. The van der Waals surface area contributed by atoms with Crippen LogP contribution in [-0.2, 0) is 12.8 Å². The molecular formula is C19H21NO. The van der Waals surface area contributed by atoms with Gasteiger partial charge in [-0.3, -0.25) is 0 Å². The van der Waals surface area contributed by atoms with Gasteiger partial charge in [0.2, 0.25) is 0 Å². The second-order valence-electron chi connectivity index (χ2n) is 6.23. The van der Waals surface area contributed by atoms with E-state index in [1.165, 1.54) is 28.7 Å². The van der Waals surface area contributed by atoms with Gasteiger partial charge < -0.3 is 10.5 Å². The number of hydrogen-bond donors (Lipinski definition) is 1. The number of fused-ring (bicyclic) bond motifs is 2. The van der Waals surface area contributed by atoms with E-state index >= 15 is 0 Å². The van der Waals surface area contributed by atoms with E-state index < -0.39 is 0 Å². The smallest absolute Gasteiger partial charge is 0.122 e. The highest BCUT2D eigenvalue weighted by Gasteiger charge is 2.27. The molecule has 2 aromatic rings. The topological polar surface area (TPSA) is 35.2 Å². The van der Waals surface area contributed by atoms with Crippen molar-refractivity contribution in [2.75, 3.05) is 6.61 Å². The van der Waals surface area contributed by atoms with Crippen molar-refractivity contribution < 1.29 is 4.74 Å². The first-order chi connectivity index (χ1) is 10.3. The Morgan fingerprint density at radius 2 is 1.90 bits per heavy atom. The quantitative estimate of drug-likeness (QED) is 0.929. The van der Waals surface area contributed by atoms with E-state index in [1.54, 1.807) is 0 Å². The molecule has 2 unspecified atom stereocenters. The van der Waals surface area contributed by atoms with Gasteiger partial charge >= 0.3 is 0 Å². The lowest BCUT2D eigenvalue weighted by atomic mass is 9.78. The van der Waals surface area contributed by atoms with E-state index in [1.807, 2.05) is 0 Å². The van der Waals surface area contributed by atoms with Gasteiger partial charge in [-0.15, -0.1) is 0 Å².